The third-order valence-electron chi connectivity index (χ3n) is 9.91. The average Bonchev–Trinajstić information content (AvgIpc) is 3.58. The van der Waals surface area contributed by atoms with Crippen LogP contribution in [-0.4, -0.2) is 51.7 Å². The molecule has 0 spiro atoms. The van der Waals surface area contributed by atoms with Crippen LogP contribution in [0.25, 0.3) is 0 Å². The van der Waals surface area contributed by atoms with Gasteiger partial charge in [-0.2, -0.15) is 0 Å². The standard InChI is InChI=1S/C26H33FO6/c1-14-10-19-18-7-6-16-11-17(29)8-9-23(16,2)25(18,27)20(30)12-24(19,3)26(14,21(31)13-28)33-22(32)15-4-5-15/h8-9,11,14-15,18-20,28,30H,4-7,10,12-13H2,1-3H3/t14?,18-,19-,20?,23-,24-,25-,26-/m0/s1. The van der Waals surface area contributed by atoms with Crippen molar-refractivity contribution >= 4 is 17.5 Å². The molecule has 180 valence electrons. The van der Waals surface area contributed by atoms with Gasteiger partial charge >= 0.3 is 5.97 Å². The molecular formula is C26H33FO6. The Kier molecular flexibility index (Phi) is 4.91. The maximum Gasteiger partial charge on any atom is 0.309 e. The number of aliphatic hydroxyl groups is 2. The monoisotopic (exact) mass is 460 g/mol. The van der Waals surface area contributed by atoms with Crippen molar-refractivity contribution < 1.29 is 33.7 Å². The third-order valence-corrected chi connectivity index (χ3v) is 9.91. The first-order chi connectivity index (χ1) is 15.5. The molecule has 5 aliphatic rings. The Morgan fingerprint density at radius 2 is 1.91 bits per heavy atom. The molecule has 0 aromatic carbocycles. The molecule has 0 aromatic rings. The molecule has 0 radical (unpaired) electrons. The lowest BCUT2D eigenvalue weighted by Crippen LogP contribution is -2.70. The minimum absolute atomic E-state index is 0.0661. The lowest BCUT2D eigenvalue weighted by molar-refractivity contribution is -0.228. The molecule has 0 aromatic heterocycles. The molecule has 8 atom stereocenters. The van der Waals surface area contributed by atoms with Gasteiger partial charge in [0, 0.05) is 22.7 Å². The second-order valence-electron chi connectivity index (χ2n) is 11.4. The van der Waals surface area contributed by atoms with Crippen LogP contribution in [-0.2, 0) is 19.1 Å². The fourth-order valence-corrected chi connectivity index (χ4v) is 8.08. The van der Waals surface area contributed by atoms with Crippen LogP contribution in [0.15, 0.2) is 23.8 Å². The van der Waals surface area contributed by atoms with E-state index in [0.717, 1.165) is 0 Å². The summed E-state index contributed by atoms with van der Waals surface area (Å²) in [6.07, 6.45) is 5.83. The van der Waals surface area contributed by atoms with Crippen molar-refractivity contribution in [2.24, 2.45) is 34.5 Å². The summed E-state index contributed by atoms with van der Waals surface area (Å²) in [6.45, 7) is 4.63. The first-order valence-electron chi connectivity index (χ1n) is 12.1. The van der Waals surface area contributed by atoms with E-state index in [0.29, 0.717) is 37.7 Å². The molecule has 5 rings (SSSR count). The number of carbonyl (C=O) groups excluding carboxylic acids is 3. The lowest BCUT2D eigenvalue weighted by atomic mass is 9.44. The first kappa shape index (κ1) is 22.9. The Hall–Kier alpha value is -1.86. The normalized spacial score (nSPS) is 48.4. The van der Waals surface area contributed by atoms with Gasteiger partial charge in [0.05, 0.1) is 12.0 Å². The minimum Gasteiger partial charge on any atom is -0.450 e. The van der Waals surface area contributed by atoms with Crippen molar-refractivity contribution in [3.8, 4) is 0 Å². The van der Waals surface area contributed by atoms with E-state index in [1.165, 1.54) is 12.2 Å². The van der Waals surface area contributed by atoms with E-state index in [1.807, 2.05) is 13.8 Å². The number of allylic oxidation sites excluding steroid dienone is 4. The SMILES string of the molecule is CC1C[C@H]2[C@@H]3CCC4=CC(=O)C=C[C@]4(C)[C@@]3(F)C(O)C[C@]2(C)[C@@]1(OC(=O)C1CC1)C(=O)CO. The minimum atomic E-state index is -2.02. The Balaban J connectivity index is 1.61. The van der Waals surface area contributed by atoms with Gasteiger partial charge < -0.3 is 14.9 Å². The Morgan fingerprint density at radius 3 is 2.55 bits per heavy atom. The number of alkyl halides is 1. The highest BCUT2D eigenvalue weighted by Gasteiger charge is 2.77. The van der Waals surface area contributed by atoms with Crippen molar-refractivity contribution in [1.29, 1.82) is 0 Å². The molecule has 0 heterocycles. The van der Waals surface area contributed by atoms with Gasteiger partial charge in [-0.05, 0) is 63.5 Å². The van der Waals surface area contributed by atoms with E-state index in [2.05, 4.69) is 0 Å². The van der Waals surface area contributed by atoms with Gasteiger partial charge in [-0.25, -0.2) is 4.39 Å². The number of halogens is 1. The quantitative estimate of drug-likeness (QED) is 0.626. The number of carbonyl (C=O) groups is 3. The van der Waals surface area contributed by atoms with Crippen molar-refractivity contribution in [1.82, 2.24) is 0 Å². The fourth-order valence-electron chi connectivity index (χ4n) is 8.08. The largest absolute Gasteiger partial charge is 0.450 e. The van der Waals surface area contributed by atoms with E-state index >= 15 is 4.39 Å². The molecule has 2 unspecified atom stereocenters. The number of rotatable bonds is 4. The summed E-state index contributed by atoms with van der Waals surface area (Å²) in [4.78, 5) is 38.1. The molecule has 4 fully saturated rings. The molecule has 0 aliphatic heterocycles. The number of ether oxygens (including phenoxy) is 1. The predicted molar refractivity (Wildman–Crippen MR) is 117 cm³/mol. The van der Waals surface area contributed by atoms with E-state index in [4.69, 9.17) is 4.74 Å². The van der Waals surface area contributed by atoms with Gasteiger partial charge in [-0.1, -0.05) is 25.5 Å². The van der Waals surface area contributed by atoms with Crippen LogP contribution in [0.3, 0.4) is 0 Å². The molecule has 0 bridgehead atoms. The second kappa shape index (κ2) is 7.08. The molecule has 4 saturated carbocycles. The summed E-state index contributed by atoms with van der Waals surface area (Å²) >= 11 is 0. The van der Waals surface area contributed by atoms with Crippen LogP contribution < -0.4 is 0 Å². The van der Waals surface area contributed by atoms with E-state index in [1.54, 1.807) is 13.0 Å². The zero-order valence-electron chi connectivity index (χ0n) is 19.5. The second-order valence-corrected chi connectivity index (χ2v) is 11.4. The highest BCUT2D eigenvalue weighted by molar-refractivity contribution is 6.01. The van der Waals surface area contributed by atoms with Crippen LogP contribution in [0.2, 0.25) is 0 Å². The summed E-state index contributed by atoms with van der Waals surface area (Å²) in [6, 6.07) is 0. The van der Waals surface area contributed by atoms with Gasteiger partial charge in [-0.15, -0.1) is 0 Å². The van der Waals surface area contributed by atoms with Crippen LogP contribution in [0.1, 0.15) is 59.3 Å². The summed E-state index contributed by atoms with van der Waals surface area (Å²) < 4.78 is 23.2. The first-order valence-corrected chi connectivity index (χ1v) is 12.1. The number of fused-ring (bicyclic) bond motifs is 5. The number of hydrogen-bond donors (Lipinski definition) is 2. The molecule has 0 amide bonds. The Bertz CT molecular complexity index is 983. The molecular weight excluding hydrogens is 427 g/mol. The topological polar surface area (TPSA) is 101 Å². The average molecular weight is 461 g/mol. The Labute approximate surface area is 193 Å². The van der Waals surface area contributed by atoms with Gasteiger partial charge in [0.1, 0.15) is 6.61 Å². The third kappa shape index (κ3) is 2.69. The van der Waals surface area contributed by atoms with Gasteiger partial charge in [-0.3, -0.25) is 14.4 Å². The molecule has 33 heavy (non-hydrogen) atoms. The highest BCUT2D eigenvalue weighted by Crippen LogP contribution is 2.71. The highest BCUT2D eigenvalue weighted by atomic mass is 19.1. The summed E-state index contributed by atoms with van der Waals surface area (Å²) in [7, 11) is 0. The zero-order chi connectivity index (χ0) is 24.0. The molecule has 7 heteroatoms. The van der Waals surface area contributed by atoms with Crippen molar-refractivity contribution in [3.63, 3.8) is 0 Å². The zero-order valence-corrected chi connectivity index (χ0v) is 19.5. The number of aliphatic hydroxyl groups excluding tert-OH is 2. The van der Waals surface area contributed by atoms with Gasteiger partial charge in [0.15, 0.2) is 17.1 Å². The van der Waals surface area contributed by atoms with Crippen molar-refractivity contribution in [3.05, 3.63) is 23.8 Å². The molecule has 2 N–H and O–H groups in total. The van der Waals surface area contributed by atoms with E-state index in [-0.39, 0.29) is 24.0 Å². The molecule has 5 aliphatic carbocycles. The number of hydrogen-bond acceptors (Lipinski definition) is 6. The van der Waals surface area contributed by atoms with Crippen molar-refractivity contribution in [2.75, 3.05) is 6.61 Å². The molecule has 0 saturated heterocycles. The van der Waals surface area contributed by atoms with E-state index in [9.17, 15) is 24.6 Å². The smallest absolute Gasteiger partial charge is 0.309 e. The number of Topliss-reactive ketones (excluding diaryl/α,β-unsaturated/α-hetero) is 1. The van der Waals surface area contributed by atoms with Crippen molar-refractivity contribution in [2.45, 2.75) is 76.7 Å². The lowest BCUT2D eigenvalue weighted by Gasteiger charge is -2.62. The summed E-state index contributed by atoms with van der Waals surface area (Å²) in [5.41, 5.74) is -5.05. The van der Waals surface area contributed by atoms with Crippen LogP contribution in [0.5, 0.6) is 0 Å². The molecule has 6 nitrogen and oxygen atoms in total. The maximum absolute atomic E-state index is 17.2. The fraction of sp³-hybridized carbons (Fsp3) is 0.731. The van der Waals surface area contributed by atoms with Gasteiger partial charge in [0.25, 0.3) is 0 Å². The van der Waals surface area contributed by atoms with Crippen LogP contribution >= 0.6 is 0 Å². The predicted octanol–water partition coefficient (Wildman–Crippen LogP) is 2.86. The number of ketones is 2. The van der Waals surface area contributed by atoms with Crippen LogP contribution in [0, 0.1) is 34.5 Å². The summed E-state index contributed by atoms with van der Waals surface area (Å²) in [5.74, 6) is -2.74. The van der Waals surface area contributed by atoms with E-state index < -0.39 is 58.4 Å². The maximum atomic E-state index is 17.2. The van der Waals surface area contributed by atoms with Crippen LogP contribution in [0.4, 0.5) is 4.39 Å². The Morgan fingerprint density at radius 1 is 1.21 bits per heavy atom. The number of esters is 1. The summed E-state index contributed by atoms with van der Waals surface area (Å²) in [5, 5.41) is 21.3. The van der Waals surface area contributed by atoms with Gasteiger partial charge in [0.2, 0.25) is 5.78 Å².